The Hall–Kier alpha value is -1.19. The lowest BCUT2D eigenvalue weighted by Gasteiger charge is -2.18. The van der Waals surface area contributed by atoms with Crippen molar-refractivity contribution in [3.05, 3.63) is 66.4 Å². The Labute approximate surface area is 127 Å². The van der Waals surface area contributed by atoms with E-state index in [2.05, 4.69) is 38.4 Å². The lowest BCUT2D eigenvalue weighted by Crippen LogP contribution is -2.37. The number of carbonyl (C=O) groups excluding carboxylic acids is 1. The van der Waals surface area contributed by atoms with Gasteiger partial charge in [0.2, 0.25) is 0 Å². The fraction of sp³-hybridized carbons (Fsp3) is 0.0625. The summed E-state index contributed by atoms with van der Waals surface area (Å²) in [4.78, 5) is 12.7. The molecule has 0 atom stereocenters. The molecule has 0 heterocycles. The maximum absolute atomic E-state index is 12.7. The van der Waals surface area contributed by atoms with Gasteiger partial charge in [-0.25, -0.2) is 0 Å². The third-order valence-corrected chi connectivity index (χ3v) is 4.84. The minimum atomic E-state index is 0.0560. The van der Waals surface area contributed by atoms with Gasteiger partial charge in [-0.05, 0) is 50.5 Å². The van der Waals surface area contributed by atoms with Gasteiger partial charge in [-0.3, -0.25) is 4.79 Å². The van der Waals surface area contributed by atoms with Crippen LogP contribution >= 0.6 is 31.9 Å². The van der Waals surface area contributed by atoms with Gasteiger partial charge in [-0.1, -0.05) is 46.8 Å². The summed E-state index contributed by atoms with van der Waals surface area (Å²) in [6, 6.07) is 9.60. The van der Waals surface area contributed by atoms with Gasteiger partial charge in [0.05, 0.1) is 0 Å². The van der Waals surface area contributed by atoms with Crippen LogP contribution in [0.15, 0.2) is 39.3 Å². The van der Waals surface area contributed by atoms with E-state index in [1.807, 2.05) is 37.3 Å². The molecule has 0 saturated carbocycles. The fourth-order valence-electron chi connectivity index (χ4n) is 2.57. The summed E-state index contributed by atoms with van der Waals surface area (Å²) in [5, 5.41) is 1.79. The van der Waals surface area contributed by atoms with Crippen LogP contribution in [0.4, 0.5) is 0 Å². The normalized spacial score (nSPS) is 13.2. The zero-order chi connectivity index (χ0) is 13.7. The Balaban J connectivity index is 2.62. The van der Waals surface area contributed by atoms with Crippen LogP contribution in [0.5, 0.6) is 0 Å². The molecule has 0 fully saturated rings. The van der Waals surface area contributed by atoms with E-state index in [1.165, 1.54) is 0 Å². The number of fused-ring (bicyclic) bond motifs is 2. The van der Waals surface area contributed by atoms with Crippen molar-refractivity contribution in [2.45, 2.75) is 6.92 Å². The predicted octanol–water partition coefficient (Wildman–Crippen LogP) is 3.39. The maximum atomic E-state index is 12.7. The van der Waals surface area contributed by atoms with Gasteiger partial charge in [-0.2, -0.15) is 0 Å². The largest absolute Gasteiger partial charge is 0.289 e. The molecule has 94 valence electrons. The predicted molar refractivity (Wildman–Crippen MR) is 84.7 cm³/mol. The van der Waals surface area contributed by atoms with E-state index in [4.69, 9.17) is 0 Å². The van der Waals surface area contributed by atoms with Crippen molar-refractivity contribution in [3.8, 4) is 0 Å². The summed E-state index contributed by atoms with van der Waals surface area (Å²) in [6.07, 6.45) is 0. The van der Waals surface area contributed by atoms with Crippen molar-refractivity contribution >= 4 is 49.8 Å². The lowest BCUT2D eigenvalue weighted by atomic mass is 9.86. The second kappa shape index (κ2) is 4.43. The minimum Gasteiger partial charge on any atom is -0.289 e. The van der Waals surface area contributed by atoms with Crippen molar-refractivity contribution in [2.75, 3.05) is 0 Å². The molecule has 2 aromatic rings. The van der Waals surface area contributed by atoms with Gasteiger partial charge in [0.15, 0.2) is 5.78 Å². The first-order valence-electron chi connectivity index (χ1n) is 5.84. The van der Waals surface area contributed by atoms with Gasteiger partial charge in [0, 0.05) is 20.1 Å². The monoisotopic (exact) mass is 376 g/mol. The molecule has 0 unspecified atom stereocenters. The molecule has 19 heavy (non-hydrogen) atoms. The fourth-order valence-corrected chi connectivity index (χ4v) is 3.92. The second-order valence-corrected chi connectivity index (χ2v) is 6.28. The van der Waals surface area contributed by atoms with E-state index >= 15 is 0 Å². The number of halogens is 2. The number of ketones is 1. The lowest BCUT2D eigenvalue weighted by molar-refractivity contribution is 0.103. The maximum Gasteiger partial charge on any atom is 0.195 e. The Morgan fingerprint density at radius 2 is 1.68 bits per heavy atom. The Kier molecular flexibility index (Phi) is 2.99. The molecule has 0 radical (unpaired) electrons. The molecular weight excluding hydrogens is 368 g/mol. The van der Waals surface area contributed by atoms with E-state index in [9.17, 15) is 4.79 Å². The Morgan fingerprint density at radius 1 is 1.05 bits per heavy atom. The van der Waals surface area contributed by atoms with Crippen molar-refractivity contribution < 1.29 is 4.79 Å². The first kappa shape index (κ1) is 12.8. The summed E-state index contributed by atoms with van der Waals surface area (Å²) in [5.41, 5.74) is 3.56. The second-order valence-electron chi connectivity index (χ2n) is 4.57. The van der Waals surface area contributed by atoms with Crippen LogP contribution in [0.3, 0.4) is 0 Å². The van der Waals surface area contributed by atoms with Crippen molar-refractivity contribution in [1.82, 2.24) is 0 Å². The average molecular weight is 378 g/mol. The van der Waals surface area contributed by atoms with Crippen molar-refractivity contribution in [1.29, 1.82) is 0 Å². The summed E-state index contributed by atoms with van der Waals surface area (Å²) in [5.74, 6) is 0.0560. The molecule has 1 aliphatic carbocycles. The zero-order valence-electron chi connectivity index (χ0n) is 10.3. The Bertz CT molecular complexity index is 835. The van der Waals surface area contributed by atoms with Crippen molar-refractivity contribution in [2.24, 2.45) is 0 Å². The van der Waals surface area contributed by atoms with Gasteiger partial charge in [0.1, 0.15) is 0 Å². The van der Waals surface area contributed by atoms with Crippen LogP contribution < -0.4 is 10.4 Å². The molecule has 0 aliphatic heterocycles. The molecule has 0 saturated heterocycles. The number of benzene rings is 2. The molecule has 0 aromatic heterocycles. The molecule has 0 bridgehead atoms. The van der Waals surface area contributed by atoms with Crippen LogP contribution in [-0.4, -0.2) is 5.78 Å². The molecule has 0 amide bonds. The van der Waals surface area contributed by atoms with Crippen LogP contribution in [0, 0.1) is 0 Å². The summed E-state index contributed by atoms with van der Waals surface area (Å²) in [7, 11) is 0. The highest BCUT2D eigenvalue weighted by atomic mass is 79.9. The smallest absolute Gasteiger partial charge is 0.195 e. The third-order valence-electron chi connectivity index (χ3n) is 3.51. The van der Waals surface area contributed by atoms with E-state index in [0.29, 0.717) is 5.56 Å². The molecule has 3 heteroatoms. The summed E-state index contributed by atoms with van der Waals surface area (Å²) in [6.45, 7) is 6.13. The van der Waals surface area contributed by atoms with E-state index < -0.39 is 0 Å². The standard InChI is InChI=1S/C16H10Br2O/c1-8-10-5-3-4-6-11(10)16(19)15-13(18)7-12(17)9(2)14(8)15/h3-7H,2H2,1H3. The van der Waals surface area contributed by atoms with Gasteiger partial charge >= 0.3 is 0 Å². The highest BCUT2D eigenvalue weighted by Gasteiger charge is 2.24. The van der Waals surface area contributed by atoms with Gasteiger partial charge in [-0.15, -0.1) is 0 Å². The highest BCUT2D eigenvalue weighted by Crippen LogP contribution is 2.27. The van der Waals surface area contributed by atoms with Crippen molar-refractivity contribution in [3.63, 3.8) is 0 Å². The molecule has 1 aliphatic rings. The molecule has 0 N–H and O–H groups in total. The average Bonchev–Trinajstić information content (AvgIpc) is 2.40. The van der Waals surface area contributed by atoms with E-state index in [0.717, 1.165) is 36.1 Å². The molecule has 0 spiro atoms. The van der Waals surface area contributed by atoms with E-state index in [-0.39, 0.29) is 5.78 Å². The topological polar surface area (TPSA) is 17.1 Å². The first-order chi connectivity index (χ1) is 9.02. The minimum absolute atomic E-state index is 0.0560. The van der Waals surface area contributed by atoms with Crippen LogP contribution in [0.1, 0.15) is 28.4 Å². The zero-order valence-corrected chi connectivity index (χ0v) is 13.4. The quantitative estimate of drug-likeness (QED) is 0.687. The SMILES string of the molecule is C=c1c(Br)cc(Br)c2c1=C(C)c1ccccc1C2=O. The summed E-state index contributed by atoms with van der Waals surface area (Å²) >= 11 is 6.99. The molecule has 3 rings (SSSR count). The molecule has 2 aromatic carbocycles. The van der Waals surface area contributed by atoms with Crippen LogP contribution in [-0.2, 0) is 0 Å². The number of hydrogen-bond donors (Lipinski definition) is 0. The molecule has 1 nitrogen and oxygen atoms in total. The number of rotatable bonds is 0. The first-order valence-corrected chi connectivity index (χ1v) is 7.43. The number of hydrogen-bond acceptors (Lipinski definition) is 1. The van der Waals surface area contributed by atoms with Crippen LogP contribution in [0.25, 0.3) is 12.2 Å². The Morgan fingerprint density at radius 3 is 2.37 bits per heavy atom. The molecular formula is C16H10Br2O. The summed E-state index contributed by atoms with van der Waals surface area (Å²) < 4.78 is 1.71. The third kappa shape index (κ3) is 1.76. The number of carbonyl (C=O) groups is 1. The van der Waals surface area contributed by atoms with Gasteiger partial charge < -0.3 is 0 Å². The van der Waals surface area contributed by atoms with Gasteiger partial charge in [0.25, 0.3) is 0 Å². The van der Waals surface area contributed by atoms with E-state index in [1.54, 1.807) is 0 Å². The van der Waals surface area contributed by atoms with Crippen LogP contribution in [0.2, 0.25) is 0 Å². The highest BCUT2D eigenvalue weighted by molar-refractivity contribution is 9.11.